The summed E-state index contributed by atoms with van der Waals surface area (Å²) in [7, 11) is 0. The summed E-state index contributed by atoms with van der Waals surface area (Å²) in [6.45, 7) is 3.68. The molecule has 1 amide bonds. The molecule has 7 nitrogen and oxygen atoms in total. The van der Waals surface area contributed by atoms with Crippen LogP contribution in [0.4, 0.5) is 11.4 Å². The molecule has 33 heavy (non-hydrogen) atoms. The molecule has 0 atom stereocenters. The van der Waals surface area contributed by atoms with Crippen molar-refractivity contribution in [1.82, 2.24) is 9.55 Å². The summed E-state index contributed by atoms with van der Waals surface area (Å²) in [5.41, 5.74) is 3.65. The number of morpholine rings is 1. The average Bonchev–Trinajstić information content (AvgIpc) is 3.21. The van der Waals surface area contributed by atoms with Crippen molar-refractivity contribution in [2.75, 3.05) is 36.5 Å². The van der Waals surface area contributed by atoms with E-state index in [1.807, 2.05) is 83.4 Å². The standard InChI is InChI=1S/C26H26N4O3/c31-26(27-20-10-12-21(13-11-20)29-14-16-32-17-15-29)18-30-24-9-5-4-8-23(24)28-25(30)19-33-22-6-2-1-3-7-22/h1-13H,14-19H2,(H,27,31). The number of nitrogens with one attached hydrogen (secondary N) is 1. The van der Waals surface area contributed by atoms with Gasteiger partial charge in [-0.25, -0.2) is 4.98 Å². The van der Waals surface area contributed by atoms with Crippen LogP contribution in [0, 0.1) is 0 Å². The summed E-state index contributed by atoms with van der Waals surface area (Å²) in [6, 6.07) is 25.4. The number of hydrogen-bond donors (Lipinski definition) is 1. The summed E-state index contributed by atoms with van der Waals surface area (Å²) in [5, 5.41) is 3.00. The first-order chi connectivity index (χ1) is 16.3. The van der Waals surface area contributed by atoms with Crippen molar-refractivity contribution in [2.24, 2.45) is 0 Å². The highest BCUT2D eigenvalue weighted by Gasteiger charge is 2.15. The summed E-state index contributed by atoms with van der Waals surface area (Å²) < 4.78 is 13.2. The fraction of sp³-hybridized carbons (Fsp3) is 0.231. The van der Waals surface area contributed by atoms with E-state index in [9.17, 15) is 4.79 Å². The van der Waals surface area contributed by atoms with Gasteiger partial charge in [-0.3, -0.25) is 4.79 Å². The maximum atomic E-state index is 12.9. The van der Waals surface area contributed by atoms with E-state index in [4.69, 9.17) is 14.5 Å². The maximum absolute atomic E-state index is 12.9. The van der Waals surface area contributed by atoms with E-state index in [1.165, 1.54) is 0 Å². The Kier molecular flexibility index (Phi) is 6.21. The number of hydrogen-bond acceptors (Lipinski definition) is 5. The Morgan fingerprint density at radius 3 is 2.45 bits per heavy atom. The molecule has 0 radical (unpaired) electrons. The molecule has 1 aliphatic rings. The number of rotatable bonds is 7. The number of nitrogens with zero attached hydrogens (tertiary/aromatic N) is 3. The fourth-order valence-electron chi connectivity index (χ4n) is 4.00. The number of imidazole rings is 1. The van der Waals surface area contributed by atoms with Crippen molar-refractivity contribution in [2.45, 2.75) is 13.2 Å². The van der Waals surface area contributed by atoms with E-state index in [1.54, 1.807) is 0 Å². The average molecular weight is 443 g/mol. The number of fused-ring (bicyclic) bond motifs is 1. The van der Waals surface area contributed by atoms with Crippen molar-refractivity contribution in [3.8, 4) is 5.75 Å². The Labute approximate surface area is 192 Å². The molecule has 4 aromatic rings. The Hall–Kier alpha value is -3.84. The number of carbonyl (C=O) groups excluding carboxylic acids is 1. The van der Waals surface area contributed by atoms with Gasteiger partial charge >= 0.3 is 0 Å². The van der Waals surface area contributed by atoms with Gasteiger partial charge in [0.05, 0.1) is 24.2 Å². The van der Waals surface area contributed by atoms with Crippen LogP contribution < -0.4 is 15.0 Å². The molecule has 1 fully saturated rings. The highest BCUT2D eigenvalue weighted by molar-refractivity contribution is 5.92. The Morgan fingerprint density at radius 2 is 1.67 bits per heavy atom. The lowest BCUT2D eigenvalue weighted by atomic mass is 10.2. The highest BCUT2D eigenvalue weighted by atomic mass is 16.5. The number of aromatic nitrogens is 2. The predicted octanol–water partition coefficient (Wildman–Crippen LogP) is 4.09. The lowest BCUT2D eigenvalue weighted by Gasteiger charge is -2.28. The van der Waals surface area contributed by atoms with Crippen molar-refractivity contribution in [3.05, 3.63) is 84.7 Å². The Bertz CT molecular complexity index is 1220. The molecule has 0 aliphatic carbocycles. The number of ether oxygens (including phenoxy) is 2. The zero-order valence-corrected chi connectivity index (χ0v) is 18.3. The molecule has 0 unspecified atom stereocenters. The van der Waals surface area contributed by atoms with E-state index >= 15 is 0 Å². The van der Waals surface area contributed by atoms with Gasteiger partial charge in [-0.15, -0.1) is 0 Å². The second kappa shape index (κ2) is 9.75. The normalized spacial score (nSPS) is 13.8. The minimum Gasteiger partial charge on any atom is -0.486 e. The molecule has 1 aromatic heterocycles. The largest absolute Gasteiger partial charge is 0.486 e. The zero-order valence-electron chi connectivity index (χ0n) is 18.3. The third-order valence-corrected chi connectivity index (χ3v) is 5.67. The molecule has 0 spiro atoms. The topological polar surface area (TPSA) is 68.6 Å². The third-order valence-electron chi connectivity index (χ3n) is 5.67. The fourth-order valence-corrected chi connectivity index (χ4v) is 4.00. The molecule has 1 N–H and O–H groups in total. The monoisotopic (exact) mass is 442 g/mol. The first-order valence-corrected chi connectivity index (χ1v) is 11.1. The van der Waals surface area contributed by atoms with Gasteiger partial charge in [0.25, 0.3) is 0 Å². The number of amides is 1. The van der Waals surface area contributed by atoms with Crippen molar-refractivity contribution in [3.63, 3.8) is 0 Å². The summed E-state index contributed by atoms with van der Waals surface area (Å²) in [6.07, 6.45) is 0. The van der Waals surface area contributed by atoms with Crippen LogP contribution in [-0.2, 0) is 22.7 Å². The van der Waals surface area contributed by atoms with Crippen LogP contribution in [0.2, 0.25) is 0 Å². The highest BCUT2D eigenvalue weighted by Crippen LogP contribution is 2.21. The van der Waals surface area contributed by atoms with Gasteiger partial charge in [0.15, 0.2) is 0 Å². The molecule has 5 rings (SSSR count). The lowest BCUT2D eigenvalue weighted by molar-refractivity contribution is -0.116. The van der Waals surface area contributed by atoms with E-state index in [0.29, 0.717) is 5.82 Å². The second-order valence-electron chi connectivity index (χ2n) is 7.90. The van der Waals surface area contributed by atoms with E-state index in [0.717, 1.165) is 54.5 Å². The van der Waals surface area contributed by atoms with Gasteiger partial charge in [0.2, 0.25) is 5.91 Å². The molecular weight excluding hydrogens is 416 g/mol. The minimum absolute atomic E-state index is 0.113. The molecular formula is C26H26N4O3. The third kappa shape index (κ3) is 4.99. The van der Waals surface area contributed by atoms with Crippen LogP contribution in [0.25, 0.3) is 11.0 Å². The van der Waals surface area contributed by atoms with Crippen LogP contribution >= 0.6 is 0 Å². The van der Waals surface area contributed by atoms with Gasteiger partial charge in [-0.2, -0.15) is 0 Å². The van der Waals surface area contributed by atoms with Crippen molar-refractivity contribution in [1.29, 1.82) is 0 Å². The molecule has 1 aliphatic heterocycles. The quantitative estimate of drug-likeness (QED) is 0.467. The zero-order chi connectivity index (χ0) is 22.5. The summed E-state index contributed by atoms with van der Waals surface area (Å²) >= 11 is 0. The van der Waals surface area contributed by atoms with Crippen LogP contribution in [0.3, 0.4) is 0 Å². The minimum atomic E-state index is -0.113. The van der Waals surface area contributed by atoms with E-state index in [2.05, 4.69) is 10.2 Å². The number of benzene rings is 3. The Morgan fingerprint density at radius 1 is 0.939 bits per heavy atom. The van der Waals surface area contributed by atoms with Crippen LogP contribution in [0.1, 0.15) is 5.82 Å². The van der Waals surface area contributed by atoms with E-state index < -0.39 is 0 Å². The maximum Gasteiger partial charge on any atom is 0.244 e. The molecule has 3 aromatic carbocycles. The van der Waals surface area contributed by atoms with Crippen molar-refractivity contribution >= 4 is 28.3 Å². The first kappa shape index (κ1) is 21.0. The molecule has 0 saturated carbocycles. The van der Waals surface area contributed by atoms with Crippen LogP contribution in [0.5, 0.6) is 5.75 Å². The number of para-hydroxylation sites is 3. The molecule has 0 bridgehead atoms. The van der Waals surface area contributed by atoms with Gasteiger partial charge in [0, 0.05) is 24.5 Å². The predicted molar refractivity (Wildman–Crippen MR) is 129 cm³/mol. The second-order valence-corrected chi connectivity index (χ2v) is 7.90. The van der Waals surface area contributed by atoms with Gasteiger partial charge in [-0.05, 0) is 48.5 Å². The summed E-state index contributed by atoms with van der Waals surface area (Å²) in [4.78, 5) is 19.9. The number of anilines is 2. The van der Waals surface area contributed by atoms with Crippen molar-refractivity contribution < 1.29 is 14.3 Å². The molecule has 7 heteroatoms. The smallest absolute Gasteiger partial charge is 0.244 e. The van der Waals surface area contributed by atoms with Gasteiger partial charge < -0.3 is 24.3 Å². The Balaban J connectivity index is 1.29. The van der Waals surface area contributed by atoms with Crippen LogP contribution in [-0.4, -0.2) is 41.8 Å². The van der Waals surface area contributed by atoms with Crippen LogP contribution in [0.15, 0.2) is 78.9 Å². The first-order valence-electron chi connectivity index (χ1n) is 11.1. The molecule has 2 heterocycles. The lowest BCUT2D eigenvalue weighted by Crippen LogP contribution is -2.36. The van der Waals surface area contributed by atoms with Gasteiger partial charge in [0.1, 0.15) is 24.7 Å². The van der Waals surface area contributed by atoms with E-state index in [-0.39, 0.29) is 19.1 Å². The molecule has 1 saturated heterocycles. The molecule has 168 valence electrons. The van der Waals surface area contributed by atoms with Gasteiger partial charge in [-0.1, -0.05) is 30.3 Å². The number of carbonyl (C=O) groups is 1. The summed E-state index contributed by atoms with van der Waals surface area (Å²) in [5.74, 6) is 1.36. The SMILES string of the molecule is O=C(Cn1c(COc2ccccc2)nc2ccccc21)Nc1ccc(N2CCOCC2)cc1.